The van der Waals surface area contributed by atoms with E-state index in [1.54, 1.807) is 0 Å². The Labute approximate surface area is 306 Å². The van der Waals surface area contributed by atoms with Gasteiger partial charge in [-0.3, -0.25) is 19.2 Å². The maximum absolute atomic E-state index is 13.2. The average molecular weight is 720 g/mol. The van der Waals surface area contributed by atoms with E-state index in [-0.39, 0.29) is 122 Å². The molecule has 11 heteroatoms. The molecule has 0 radical (unpaired) electrons. The largest absolute Gasteiger partial charge is 0.466 e. The zero-order valence-corrected chi connectivity index (χ0v) is 31.8. The van der Waals surface area contributed by atoms with Crippen molar-refractivity contribution in [1.82, 2.24) is 0 Å². The Morgan fingerprint density at radius 2 is 1.35 bits per heavy atom. The summed E-state index contributed by atoms with van der Waals surface area (Å²) in [5, 5.41) is 0. The lowest BCUT2D eigenvalue weighted by Crippen LogP contribution is -2.61. The SMILES string of the molecule is CCCCCCCCOC(=O)CC[C@@H](C)C1CCC2C3C(C[C@H](OC(=O)CCN)[C@@]21C)C1CC[C@@H](OC(=O)CCN)CC1C[C@H]3OC(=O)CCN. The summed E-state index contributed by atoms with van der Waals surface area (Å²) < 4.78 is 24.2. The van der Waals surface area contributed by atoms with E-state index in [9.17, 15) is 19.2 Å². The standard InChI is InChI=1S/C40H69N3O8/c1-4-5-6-7-8-9-22-48-35(44)15-10-26(2)31-13-14-32-39-30(25-34(40(31,32)3)51-38(47)18-21-43)29-12-11-28(49-36(45)16-19-41)23-27(29)24-33(39)50-37(46)17-20-42/h26-34,39H,4-25,41-43H2,1-3H3/t26-,27?,28-,29?,30?,31?,32?,33-,34+,39?,40-/m1/s1. The lowest BCUT2D eigenvalue weighted by Gasteiger charge is -2.60. The van der Waals surface area contributed by atoms with Crippen molar-refractivity contribution in [3.63, 3.8) is 0 Å². The Morgan fingerprint density at radius 3 is 2.04 bits per heavy atom. The summed E-state index contributed by atoms with van der Waals surface area (Å²) in [6, 6.07) is 0. The minimum absolute atomic E-state index is 0.123. The molecule has 11 atom stereocenters. The van der Waals surface area contributed by atoms with Gasteiger partial charge in [0.2, 0.25) is 0 Å². The number of unbranched alkanes of at least 4 members (excludes halogenated alkanes) is 5. The summed E-state index contributed by atoms with van der Waals surface area (Å²) in [4.78, 5) is 51.3. The molecule has 0 spiro atoms. The second-order valence-corrected chi connectivity index (χ2v) is 16.3. The van der Waals surface area contributed by atoms with Crippen LogP contribution in [-0.4, -0.2) is 68.4 Å². The van der Waals surface area contributed by atoms with Crippen LogP contribution in [0.15, 0.2) is 0 Å². The van der Waals surface area contributed by atoms with Crippen LogP contribution in [-0.2, 0) is 38.1 Å². The molecule has 0 aliphatic heterocycles. The molecule has 11 nitrogen and oxygen atoms in total. The van der Waals surface area contributed by atoms with Gasteiger partial charge in [-0.05, 0) is 93.3 Å². The predicted octanol–water partition coefficient (Wildman–Crippen LogP) is 5.58. The van der Waals surface area contributed by atoms with Crippen LogP contribution in [0.25, 0.3) is 0 Å². The first-order valence-corrected chi connectivity index (χ1v) is 20.4. The van der Waals surface area contributed by atoms with Crippen molar-refractivity contribution >= 4 is 23.9 Å². The van der Waals surface area contributed by atoms with Gasteiger partial charge in [-0.1, -0.05) is 52.9 Å². The van der Waals surface area contributed by atoms with Crippen molar-refractivity contribution in [2.45, 2.75) is 155 Å². The zero-order chi connectivity index (χ0) is 37.0. The zero-order valence-electron chi connectivity index (χ0n) is 31.8. The predicted molar refractivity (Wildman–Crippen MR) is 195 cm³/mol. The molecule has 0 heterocycles. The second kappa shape index (κ2) is 20.3. The number of hydrogen-bond donors (Lipinski definition) is 3. The van der Waals surface area contributed by atoms with Gasteiger partial charge in [0.05, 0.1) is 25.9 Å². The average Bonchev–Trinajstić information content (AvgIpc) is 3.45. The molecule has 0 aromatic heterocycles. The Kier molecular flexibility index (Phi) is 16.5. The van der Waals surface area contributed by atoms with E-state index in [0.29, 0.717) is 31.8 Å². The topological polar surface area (TPSA) is 183 Å². The maximum atomic E-state index is 13.2. The van der Waals surface area contributed by atoms with Crippen LogP contribution in [0.2, 0.25) is 0 Å². The van der Waals surface area contributed by atoms with Crippen molar-refractivity contribution in [2.24, 2.45) is 64.0 Å². The van der Waals surface area contributed by atoms with Crippen molar-refractivity contribution in [2.75, 3.05) is 26.2 Å². The van der Waals surface area contributed by atoms with Gasteiger partial charge in [0.15, 0.2) is 0 Å². The third-order valence-corrected chi connectivity index (χ3v) is 13.2. The number of hydrogen-bond acceptors (Lipinski definition) is 11. The Bertz CT molecular complexity index is 1140. The van der Waals surface area contributed by atoms with Gasteiger partial charge in [0.25, 0.3) is 0 Å². The molecule has 4 aliphatic rings. The van der Waals surface area contributed by atoms with E-state index in [0.717, 1.165) is 51.4 Å². The summed E-state index contributed by atoms with van der Waals surface area (Å²) in [5.74, 6) is 0.541. The van der Waals surface area contributed by atoms with E-state index >= 15 is 0 Å². The van der Waals surface area contributed by atoms with Gasteiger partial charge in [-0.25, -0.2) is 0 Å². The molecule has 0 aromatic rings. The smallest absolute Gasteiger partial charge is 0.307 e. The lowest BCUT2D eigenvalue weighted by atomic mass is 9.47. The van der Waals surface area contributed by atoms with E-state index in [4.69, 9.17) is 36.1 Å². The molecule has 6 N–H and O–H groups in total. The molecule has 4 fully saturated rings. The van der Waals surface area contributed by atoms with E-state index < -0.39 is 0 Å². The minimum Gasteiger partial charge on any atom is -0.466 e. The van der Waals surface area contributed by atoms with Gasteiger partial charge >= 0.3 is 23.9 Å². The first-order valence-electron chi connectivity index (χ1n) is 20.4. The van der Waals surface area contributed by atoms with Crippen LogP contribution < -0.4 is 17.2 Å². The van der Waals surface area contributed by atoms with Gasteiger partial charge in [0, 0.05) is 37.4 Å². The summed E-state index contributed by atoms with van der Waals surface area (Å²) in [7, 11) is 0. The number of esters is 4. The number of fused-ring (bicyclic) bond motifs is 5. The highest BCUT2D eigenvalue weighted by Gasteiger charge is 2.65. The molecule has 4 rings (SSSR count). The fraction of sp³-hybridized carbons (Fsp3) is 0.900. The molecular weight excluding hydrogens is 650 g/mol. The quantitative estimate of drug-likeness (QED) is 0.0812. The third-order valence-electron chi connectivity index (χ3n) is 13.2. The van der Waals surface area contributed by atoms with Crippen LogP contribution in [0.4, 0.5) is 0 Å². The fourth-order valence-electron chi connectivity index (χ4n) is 10.9. The molecule has 0 aromatic carbocycles. The Balaban J connectivity index is 1.52. The normalized spacial score (nSPS) is 33.3. The summed E-state index contributed by atoms with van der Waals surface area (Å²) in [6.45, 7) is 7.92. The number of ether oxygens (including phenoxy) is 4. The molecular formula is C40H69N3O8. The van der Waals surface area contributed by atoms with Crippen molar-refractivity contribution in [1.29, 1.82) is 0 Å². The molecule has 0 amide bonds. The van der Waals surface area contributed by atoms with Crippen molar-refractivity contribution < 1.29 is 38.1 Å². The first kappa shape index (κ1) is 41.5. The van der Waals surface area contributed by atoms with Crippen LogP contribution in [0.5, 0.6) is 0 Å². The third kappa shape index (κ3) is 10.7. The van der Waals surface area contributed by atoms with Crippen molar-refractivity contribution in [3.05, 3.63) is 0 Å². The molecule has 292 valence electrons. The van der Waals surface area contributed by atoms with Gasteiger partial charge in [-0.15, -0.1) is 0 Å². The van der Waals surface area contributed by atoms with Crippen LogP contribution >= 0.6 is 0 Å². The van der Waals surface area contributed by atoms with Gasteiger partial charge in [-0.2, -0.15) is 0 Å². The molecule has 0 bridgehead atoms. The highest BCUT2D eigenvalue weighted by molar-refractivity contribution is 5.71. The number of carbonyl (C=O) groups is 4. The maximum Gasteiger partial charge on any atom is 0.307 e. The van der Waals surface area contributed by atoms with Crippen LogP contribution in [0.3, 0.4) is 0 Å². The molecule has 6 unspecified atom stereocenters. The summed E-state index contributed by atoms with van der Waals surface area (Å²) in [6.07, 6.45) is 13.5. The number of rotatable bonds is 20. The number of carbonyl (C=O) groups excluding carboxylic acids is 4. The number of nitrogens with two attached hydrogens (primary N) is 3. The monoisotopic (exact) mass is 720 g/mol. The molecule has 51 heavy (non-hydrogen) atoms. The van der Waals surface area contributed by atoms with Crippen LogP contribution in [0, 0.1) is 46.8 Å². The first-order chi connectivity index (χ1) is 24.6. The fourth-order valence-corrected chi connectivity index (χ4v) is 10.9. The van der Waals surface area contributed by atoms with Gasteiger partial charge in [0.1, 0.15) is 18.3 Å². The van der Waals surface area contributed by atoms with Crippen LogP contribution in [0.1, 0.15) is 136 Å². The Morgan fingerprint density at radius 1 is 0.706 bits per heavy atom. The molecule has 4 aliphatic carbocycles. The second-order valence-electron chi connectivity index (χ2n) is 16.3. The lowest BCUT2D eigenvalue weighted by molar-refractivity contribution is -0.208. The highest BCUT2D eigenvalue weighted by Crippen LogP contribution is 2.66. The van der Waals surface area contributed by atoms with Gasteiger partial charge < -0.3 is 36.1 Å². The summed E-state index contributed by atoms with van der Waals surface area (Å²) >= 11 is 0. The molecule has 0 saturated heterocycles. The molecule has 4 saturated carbocycles. The Hall–Kier alpha value is -2.24. The van der Waals surface area contributed by atoms with E-state index in [1.165, 1.54) is 25.7 Å². The van der Waals surface area contributed by atoms with E-state index in [1.807, 2.05) is 0 Å². The van der Waals surface area contributed by atoms with Crippen molar-refractivity contribution in [3.8, 4) is 0 Å². The highest BCUT2D eigenvalue weighted by atomic mass is 16.6. The van der Waals surface area contributed by atoms with E-state index in [2.05, 4.69) is 20.8 Å². The minimum atomic E-state index is -0.354. The summed E-state index contributed by atoms with van der Waals surface area (Å²) in [5.41, 5.74) is 16.8.